The van der Waals surface area contributed by atoms with Crippen LogP contribution in [0, 0.1) is 5.41 Å². The molecule has 0 aliphatic heterocycles. The van der Waals surface area contributed by atoms with E-state index in [1.807, 2.05) is 57.2 Å². The van der Waals surface area contributed by atoms with Crippen LogP contribution in [0.2, 0.25) is 0 Å². The monoisotopic (exact) mass is 246 g/mol. The van der Waals surface area contributed by atoms with Crippen LogP contribution in [0.4, 0.5) is 0 Å². The number of nitrogens with one attached hydrogen (secondary N) is 2. The Morgan fingerprint density at radius 3 is 2.44 bits per heavy atom. The van der Waals surface area contributed by atoms with Crippen LogP contribution in [0.3, 0.4) is 0 Å². The Labute approximate surface area is 109 Å². The van der Waals surface area contributed by atoms with Crippen molar-refractivity contribution in [3.8, 4) is 0 Å². The van der Waals surface area contributed by atoms with Crippen LogP contribution < -0.4 is 10.9 Å². The van der Waals surface area contributed by atoms with Gasteiger partial charge in [0.1, 0.15) is 0 Å². The molecule has 0 heterocycles. The molecular formula is C15H22N2O. The molecule has 3 heteroatoms. The summed E-state index contributed by atoms with van der Waals surface area (Å²) in [5, 5.41) is 0. The Bertz CT molecular complexity index is 393. The lowest BCUT2D eigenvalue weighted by Crippen LogP contribution is -2.45. The zero-order valence-electron chi connectivity index (χ0n) is 11.4. The first-order chi connectivity index (χ1) is 8.45. The Morgan fingerprint density at radius 1 is 1.33 bits per heavy atom. The van der Waals surface area contributed by atoms with Gasteiger partial charge in [-0.3, -0.25) is 10.2 Å². The van der Waals surface area contributed by atoms with E-state index in [4.69, 9.17) is 0 Å². The van der Waals surface area contributed by atoms with Crippen LogP contribution in [0.15, 0.2) is 43.0 Å². The highest BCUT2D eigenvalue weighted by Crippen LogP contribution is 2.17. The van der Waals surface area contributed by atoms with E-state index in [1.165, 1.54) is 0 Å². The highest BCUT2D eigenvalue weighted by molar-refractivity contribution is 5.80. The zero-order chi connectivity index (χ0) is 13.6. The number of hydrogen-bond donors (Lipinski definition) is 2. The maximum Gasteiger partial charge on any atom is 0.239 e. The van der Waals surface area contributed by atoms with Gasteiger partial charge in [-0.1, -0.05) is 57.2 Å². The highest BCUT2D eigenvalue weighted by Gasteiger charge is 2.21. The molecule has 0 fully saturated rings. The number of amides is 1. The van der Waals surface area contributed by atoms with Crippen molar-refractivity contribution >= 4 is 5.91 Å². The van der Waals surface area contributed by atoms with Crippen LogP contribution in [-0.2, 0) is 4.79 Å². The lowest BCUT2D eigenvalue weighted by molar-refractivity contribution is -0.129. The fourth-order valence-corrected chi connectivity index (χ4v) is 1.47. The largest absolute Gasteiger partial charge is 0.291 e. The van der Waals surface area contributed by atoms with Gasteiger partial charge in [0.15, 0.2) is 0 Å². The van der Waals surface area contributed by atoms with Gasteiger partial charge in [0, 0.05) is 5.41 Å². The fraction of sp³-hybridized carbons (Fsp3) is 0.400. The van der Waals surface area contributed by atoms with Crippen molar-refractivity contribution in [1.29, 1.82) is 0 Å². The lowest BCUT2D eigenvalue weighted by atomic mass is 9.96. The molecule has 0 saturated heterocycles. The average molecular weight is 246 g/mol. The zero-order valence-corrected chi connectivity index (χ0v) is 11.4. The second-order valence-corrected chi connectivity index (χ2v) is 5.34. The molecule has 1 rings (SSSR count). The summed E-state index contributed by atoms with van der Waals surface area (Å²) in [6.07, 6.45) is 2.60. The van der Waals surface area contributed by atoms with Gasteiger partial charge in [0.2, 0.25) is 5.91 Å². The predicted octanol–water partition coefficient (Wildman–Crippen LogP) is 2.97. The summed E-state index contributed by atoms with van der Waals surface area (Å²) in [4.78, 5) is 11.8. The summed E-state index contributed by atoms with van der Waals surface area (Å²) in [5.74, 6) is -0.0208. The number of carbonyl (C=O) groups is 1. The second-order valence-electron chi connectivity index (χ2n) is 5.34. The van der Waals surface area contributed by atoms with Crippen LogP contribution in [0.25, 0.3) is 0 Å². The number of hydrogen-bond acceptors (Lipinski definition) is 2. The molecule has 0 unspecified atom stereocenters. The summed E-state index contributed by atoms with van der Waals surface area (Å²) in [5.41, 5.74) is 6.57. The van der Waals surface area contributed by atoms with Gasteiger partial charge in [0.05, 0.1) is 6.04 Å². The van der Waals surface area contributed by atoms with Gasteiger partial charge in [-0.05, 0) is 12.0 Å². The molecule has 0 saturated carbocycles. The van der Waals surface area contributed by atoms with Gasteiger partial charge >= 0.3 is 0 Å². The minimum atomic E-state index is -0.400. The van der Waals surface area contributed by atoms with E-state index in [1.54, 1.807) is 0 Å². The Morgan fingerprint density at radius 2 is 1.94 bits per heavy atom. The first kappa shape index (κ1) is 14.5. The average Bonchev–Trinajstić information content (AvgIpc) is 2.34. The Balaban J connectivity index is 2.65. The van der Waals surface area contributed by atoms with Crippen molar-refractivity contribution in [1.82, 2.24) is 10.9 Å². The van der Waals surface area contributed by atoms with E-state index >= 15 is 0 Å². The molecule has 0 spiro atoms. The molecule has 1 aromatic carbocycles. The smallest absolute Gasteiger partial charge is 0.239 e. The van der Waals surface area contributed by atoms with Crippen LogP contribution in [-0.4, -0.2) is 5.91 Å². The van der Waals surface area contributed by atoms with E-state index < -0.39 is 5.41 Å². The molecule has 0 aromatic heterocycles. The van der Waals surface area contributed by atoms with Crippen molar-refractivity contribution in [2.75, 3.05) is 0 Å². The van der Waals surface area contributed by atoms with Crippen LogP contribution in [0.1, 0.15) is 38.8 Å². The Hall–Kier alpha value is -1.61. The predicted molar refractivity (Wildman–Crippen MR) is 74.7 cm³/mol. The molecule has 0 bridgehead atoms. The molecule has 3 nitrogen and oxygen atoms in total. The van der Waals surface area contributed by atoms with Crippen molar-refractivity contribution in [2.45, 2.75) is 33.2 Å². The van der Waals surface area contributed by atoms with E-state index in [9.17, 15) is 4.79 Å². The van der Waals surface area contributed by atoms with Gasteiger partial charge in [-0.15, -0.1) is 6.58 Å². The number of hydrazine groups is 1. The van der Waals surface area contributed by atoms with E-state index in [0.29, 0.717) is 0 Å². The SMILES string of the molecule is C=CC[C@@H](NNC(=O)C(C)(C)C)c1ccccc1. The standard InChI is InChI=1S/C15H22N2O/c1-5-9-13(12-10-7-6-8-11-12)16-17-14(18)15(2,3)4/h5-8,10-11,13,16H,1,9H2,2-4H3,(H,17,18)/t13-/m1/s1. The van der Waals surface area contributed by atoms with Gasteiger partial charge in [-0.25, -0.2) is 5.43 Å². The summed E-state index contributed by atoms with van der Waals surface area (Å²) in [6, 6.07) is 10.1. The fourth-order valence-electron chi connectivity index (χ4n) is 1.47. The molecule has 98 valence electrons. The molecule has 2 N–H and O–H groups in total. The van der Waals surface area contributed by atoms with E-state index in [0.717, 1.165) is 12.0 Å². The molecule has 0 aliphatic rings. The minimum absolute atomic E-state index is 0.0208. The number of benzene rings is 1. The molecule has 0 aliphatic carbocycles. The Kier molecular flexibility index (Phi) is 5.10. The highest BCUT2D eigenvalue weighted by atomic mass is 16.2. The van der Waals surface area contributed by atoms with E-state index in [2.05, 4.69) is 17.4 Å². The van der Waals surface area contributed by atoms with Crippen molar-refractivity contribution in [2.24, 2.45) is 5.41 Å². The quantitative estimate of drug-likeness (QED) is 0.619. The number of carbonyl (C=O) groups excluding carboxylic acids is 1. The molecular weight excluding hydrogens is 224 g/mol. The van der Waals surface area contributed by atoms with E-state index in [-0.39, 0.29) is 11.9 Å². The maximum atomic E-state index is 11.8. The summed E-state index contributed by atoms with van der Waals surface area (Å²) < 4.78 is 0. The first-order valence-electron chi connectivity index (χ1n) is 6.17. The van der Waals surface area contributed by atoms with Gasteiger partial charge < -0.3 is 0 Å². The topological polar surface area (TPSA) is 41.1 Å². The third-order valence-electron chi connectivity index (χ3n) is 2.65. The molecule has 18 heavy (non-hydrogen) atoms. The lowest BCUT2D eigenvalue weighted by Gasteiger charge is -2.22. The molecule has 1 aromatic rings. The van der Waals surface area contributed by atoms with Crippen molar-refractivity contribution in [3.63, 3.8) is 0 Å². The molecule has 0 radical (unpaired) electrons. The summed E-state index contributed by atoms with van der Waals surface area (Å²) in [6.45, 7) is 9.40. The number of rotatable bonds is 5. The van der Waals surface area contributed by atoms with Gasteiger partial charge in [0.25, 0.3) is 0 Å². The van der Waals surface area contributed by atoms with Crippen LogP contribution in [0.5, 0.6) is 0 Å². The second kappa shape index (κ2) is 6.36. The summed E-state index contributed by atoms with van der Waals surface area (Å²) in [7, 11) is 0. The third-order valence-corrected chi connectivity index (χ3v) is 2.65. The van der Waals surface area contributed by atoms with Crippen molar-refractivity contribution in [3.05, 3.63) is 48.6 Å². The molecule has 1 amide bonds. The summed E-state index contributed by atoms with van der Waals surface area (Å²) >= 11 is 0. The maximum absolute atomic E-state index is 11.8. The van der Waals surface area contributed by atoms with Crippen molar-refractivity contribution < 1.29 is 4.79 Å². The van der Waals surface area contributed by atoms with Gasteiger partial charge in [-0.2, -0.15) is 0 Å². The molecule has 1 atom stereocenters. The first-order valence-corrected chi connectivity index (χ1v) is 6.17. The minimum Gasteiger partial charge on any atom is -0.291 e. The third kappa shape index (κ3) is 4.34. The normalized spacial score (nSPS) is 12.8. The van der Waals surface area contributed by atoms with Crippen LogP contribution >= 0.6 is 0 Å².